The zero-order chi connectivity index (χ0) is 16.9. The highest BCUT2D eigenvalue weighted by Gasteiger charge is 2.33. The number of furan rings is 1. The average Bonchev–Trinajstić information content (AvgIpc) is 3.10. The summed E-state index contributed by atoms with van der Waals surface area (Å²) in [5.41, 5.74) is 0.767. The Labute approximate surface area is 141 Å². The summed E-state index contributed by atoms with van der Waals surface area (Å²) in [6.07, 6.45) is 4.44. The molecule has 7 nitrogen and oxygen atoms in total. The highest BCUT2D eigenvalue weighted by atomic mass is 16.5. The number of methoxy groups -OCH3 is 1. The molecule has 2 saturated heterocycles. The fourth-order valence-corrected chi connectivity index (χ4v) is 3.41. The summed E-state index contributed by atoms with van der Waals surface area (Å²) >= 11 is 0. The highest BCUT2D eigenvalue weighted by Crippen LogP contribution is 2.24. The summed E-state index contributed by atoms with van der Waals surface area (Å²) in [4.78, 5) is 28.7. The number of hydrogen-bond acceptors (Lipinski definition) is 6. The number of morpholine rings is 1. The Morgan fingerprint density at radius 3 is 2.79 bits per heavy atom. The number of esters is 1. The van der Waals surface area contributed by atoms with Gasteiger partial charge in [-0.2, -0.15) is 0 Å². The molecule has 0 N–H and O–H groups in total. The lowest BCUT2D eigenvalue weighted by Gasteiger charge is -2.38. The second kappa shape index (κ2) is 7.81. The summed E-state index contributed by atoms with van der Waals surface area (Å²) in [5.74, 6) is -0.0928. The molecule has 1 aromatic heterocycles. The van der Waals surface area contributed by atoms with Crippen LogP contribution in [-0.2, 0) is 20.8 Å². The van der Waals surface area contributed by atoms with E-state index in [1.807, 2.05) is 4.90 Å². The van der Waals surface area contributed by atoms with Crippen molar-refractivity contribution in [2.24, 2.45) is 0 Å². The molecule has 0 bridgehead atoms. The number of piperidine rings is 1. The van der Waals surface area contributed by atoms with Crippen molar-refractivity contribution in [2.45, 2.75) is 31.8 Å². The Morgan fingerprint density at radius 2 is 2.04 bits per heavy atom. The van der Waals surface area contributed by atoms with E-state index in [1.54, 1.807) is 6.07 Å². The molecule has 2 aliphatic heterocycles. The number of rotatable bonds is 4. The molecule has 24 heavy (non-hydrogen) atoms. The Balaban J connectivity index is 1.71. The minimum Gasteiger partial charge on any atom is -0.463 e. The molecule has 2 aliphatic rings. The van der Waals surface area contributed by atoms with E-state index in [4.69, 9.17) is 13.9 Å². The van der Waals surface area contributed by atoms with Gasteiger partial charge in [0.1, 0.15) is 0 Å². The van der Waals surface area contributed by atoms with Crippen molar-refractivity contribution in [1.82, 2.24) is 9.80 Å². The van der Waals surface area contributed by atoms with Gasteiger partial charge in [-0.05, 0) is 25.5 Å². The number of likely N-dealkylation sites (tertiary alicyclic amines) is 1. The number of nitrogens with zero attached hydrogens (tertiary/aromatic N) is 2. The normalized spacial score (nSPS) is 22.4. The van der Waals surface area contributed by atoms with E-state index in [-0.39, 0.29) is 17.7 Å². The fraction of sp³-hybridized carbons (Fsp3) is 0.647. The summed E-state index contributed by atoms with van der Waals surface area (Å²) in [7, 11) is 1.33. The van der Waals surface area contributed by atoms with Crippen LogP contribution >= 0.6 is 0 Å². The Kier molecular flexibility index (Phi) is 5.52. The van der Waals surface area contributed by atoms with Crippen LogP contribution in [0.4, 0.5) is 0 Å². The third kappa shape index (κ3) is 3.62. The first-order chi connectivity index (χ1) is 11.7. The van der Waals surface area contributed by atoms with Crippen molar-refractivity contribution < 1.29 is 23.5 Å². The lowest BCUT2D eigenvalue weighted by atomic mass is 9.99. The standard InChI is InChI=1S/C17H24N2O5/c1-22-17(21)15-13(5-9-24-15)12-19-6-3-2-4-14(19)16(20)18-7-10-23-11-8-18/h5,9,14H,2-4,6-8,10-12H2,1H3. The van der Waals surface area contributed by atoms with Crippen LogP contribution in [0.1, 0.15) is 35.4 Å². The van der Waals surface area contributed by atoms with Crippen molar-refractivity contribution >= 4 is 11.9 Å². The van der Waals surface area contributed by atoms with Crippen LogP contribution in [-0.4, -0.2) is 67.7 Å². The van der Waals surface area contributed by atoms with E-state index in [2.05, 4.69) is 4.90 Å². The predicted molar refractivity (Wildman–Crippen MR) is 85.5 cm³/mol. The van der Waals surface area contributed by atoms with Gasteiger partial charge in [-0.1, -0.05) is 6.42 Å². The average molecular weight is 336 g/mol. The lowest BCUT2D eigenvalue weighted by Crippen LogP contribution is -2.53. The van der Waals surface area contributed by atoms with Crippen LogP contribution in [0.2, 0.25) is 0 Å². The third-order valence-electron chi connectivity index (χ3n) is 4.71. The molecule has 7 heteroatoms. The minimum atomic E-state index is -0.483. The van der Waals surface area contributed by atoms with Crippen LogP contribution in [0.5, 0.6) is 0 Å². The van der Waals surface area contributed by atoms with Crippen LogP contribution in [0.25, 0.3) is 0 Å². The predicted octanol–water partition coefficient (Wildman–Crippen LogP) is 1.28. The zero-order valence-electron chi connectivity index (χ0n) is 14.0. The third-order valence-corrected chi connectivity index (χ3v) is 4.71. The first-order valence-corrected chi connectivity index (χ1v) is 8.46. The smallest absolute Gasteiger partial charge is 0.374 e. The Morgan fingerprint density at radius 1 is 1.25 bits per heavy atom. The number of carbonyl (C=O) groups is 2. The summed E-state index contributed by atoms with van der Waals surface area (Å²) in [6.45, 7) is 3.87. The maximum Gasteiger partial charge on any atom is 0.374 e. The van der Waals surface area contributed by atoms with E-state index < -0.39 is 5.97 Å². The maximum absolute atomic E-state index is 12.9. The molecule has 3 heterocycles. The van der Waals surface area contributed by atoms with Gasteiger partial charge in [-0.15, -0.1) is 0 Å². The quantitative estimate of drug-likeness (QED) is 0.771. The molecule has 3 rings (SSSR count). The van der Waals surface area contributed by atoms with E-state index in [0.29, 0.717) is 32.8 Å². The molecule has 0 aromatic carbocycles. The molecule has 1 aromatic rings. The monoisotopic (exact) mass is 336 g/mol. The van der Waals surface area contributed by atoms with Gasteiger partial charge < -0.3 is 18.8 Å². The van der Waals surface area contributed by atoms with Gasteiger partial charge in [0.05, 0.1) is 32.6 Å². The van der Waals surface area contributed by atoms with Gasteiger partial charge in [0.2, 0.25) is 11.7 Å². The van der Waals surface area contributed by atoms with Gasteiger partial charge >= 0.3 is 5.97 Å². The van der Waals surface area contributed by atoms with Crippen molar-refractivity contribution in [3.8, 4) is 0 Å². The van der Waals surface area contributed by atoms with Gasteiger partial charge in [0.15, 0.2) is 0 Å². The molecule has 132 valence electrons. The van der Waals surface area contributed by atoms with Crippen LogP contribution in [0.15, 0.2) is 16.7 Å². The molecule has 0 radical (unpaired) electrons. The summed E-state index contributed by atoms with van der Waals surface area (Å²) < 4.78 is 15.3. The number of hydrogen-bond donors (Lipinski definition) is 0. The van der Waals surface area contributed by atoms with E-state index in [9.17, 15) is 9.59 Å². The molecule has 0 aliphatic carbocycles. The molecule has 1 unspecified atom stereocenters. The van der Waals surface area contributed by atoms with Crippen molar-refractivity contribution in [2.75, 3.05) is 40.0 Å². The largest absolute Gasteiger partial charge is 0.463 e. The molecule has 0 saturated carbocycles. The summed E-state index contributed by atoms with van der Waals surface area (Å²) in [5, 5.41) is 0. The molecular weight excluding hydrogens is 312 g/mol. The summed E-state index contributed by atoms with van der Waals surface area (Å²) in [6, 6.07) is 1.63. The van der Waals surface area contributed by atoms with Gasteiger partial charge in [0.25, 0.3) is 0 Å². The molecule has 0 spiro atoms. The van der Waals surface area contributed by atoms with Crippen molar-refractivity contribution in [1.29, 1.82) is 0 Å². The molecule has 1 atom stereocenters. The molecular formula is C17H24N2O5. The van der Waals surface area contributed by atoms with Gasteiger partial charge in [0, 0.05) is 25.2 Å². The zero-order valence-corrected chi connectivity index (χ0v) is 14.0. The minimum absolute atomic E-state index is 0.141. The van der Waals surface area contributed by atoms with Crippen molar-refractivity contribution in [3.05, 3.63) is 23.7 Å². The van der Waals surface area contributed by atoms with Gasteiger partial charge in [-0.25, -0.2) is 4.79 Å². The van der Waals surface area contributed by atoms with Crippen LogP contribution < -0.4 is 0 Å². The highest BCUT2D eigenvalue weighted by molar-refractivity contribution is 5.88. The SMILES string of the molecule is COC(=O)c1occc1CN1CCCCC1C(=O)N1CCOCC1. The fourth-order valence-electron chi connectivity index (χ4n) is 3.41. The maximum atomic E-state index is 12.9. The first kappa shape index (κ1) is 17.0. The van der Waals surface area contributed by atoms with E-state index in [0.717, 1.165) is 31.4 Å². The Bertz CT molecular complexity index is 579. The molecule has 1 amide bonds. The van der Waals surface area contributed by atoms with Crippen LogP contribution in [0, 0.1) is 0 Å². The van der Waals surface area contributed by atoms with E-state index in [1.165, 1.54) is 13.4 Å². The van der Waals surface area contributed by atoms with Gasteiger partial charge in [-0.3, -0.25) is 9.69 Å². The van der Waals surface area contributed by atoms with E-state index >= 15 is 0 Å². The topological polar surface area (TPSA) is 72.2 Å². The molecule has 2 fully saturated rings. The first-order valence-electron chi connectivity index (χ1n) is 8.46. The van der Waals surface area contributed by atoms with Crippen LogP contribution in [0.3, 0.4) is 0 Å². The number of ether oxygens (including phenoxy) is 2. The van der Waals surface area contributed by atoms with Crippen molar-refractivity contribution in [3.63, 3.8) is 0 Å². The number of carbonyl (C=O) groups excluding carboxylic acids is 2. The Hall–Kier alpha value is -1.86. The second-order valence-corrected chi connectivity index (χ2v) is 6.19. The number of amides is 1. The lowest BCUT2D eigenvalue weighted by molar-refractivity contribution is -0.142. The second-order valence-electron chi connectivity index (χ2n) is 6.19.